The summed E-state index contributed by atoms with van der Waals surface area (Å²) in [6.07, 6.45) is 3.39. The molecule has 6 heteroatoms. The normalized spacial score (nSPS) is 17.3. The highest BCUT2D eigenvalue weighted by Gasteiger charge is 2.20. The van der Waals surface area contributed by atoms with Crippen LogP contribution in [-0.2, 0) is 0 Å². The third-order valence-electron chi connectivity index (χ3n) is 4.10. The molecule has 118 valence electrons. The van der Waals surface area contributed by atoms with E-state index in [0.29, 0.717) is 11.7 Å². The van der Waals surface area contributed by atoms with E-state index in [1.54, 1.807) is 0 Å². The zero-order chi connectivity index (χ0) is 15.4. The van der Waals surface area contributed by atoms with Gasteiger partial charge in [0.25, 0.3) is 5.91 Å². The van der Waals surface area contributed by atoms with Crippen molar-refractivity contribution in [1.29, 1.82) is 0 Å². The van der Waals surface area contributed by atoms with Crippen molar-refractivity contribution in [2.24, 2.45) is 0 Å². The minimum absolute atomic E-state index is 0.127. The maximum atomic E-state index is 12.4. The third-order valence-corrected chi connectivity index (χ3v) is 4.80. The molecule has 0 spiro atoms. The first-order valence-corrected chi connectivity index (χ1v) is 8.56. The molecule has 1 atom stereocenters. The molecule has 1 aliphatic rings. The maximum absolute atomic E-state index is 12.4. The molecule has 3 heterocycles. The van der Waals surface area contributed by atoms with Gasteiger partial charge in [0, 0.05) is 18.8 Å². The number of hydrogen-bond donors (Lipinski definition) is 3. The number of thiophene rings is 1. The Morgan fingerprint density at radius 1 is 1.45 bits per heavy atom. The standard InChI is InChI=1S/C16H21N3O2S/c20-15(12-5-9-22-11-12)10-18-16(21)14-2-1-8-19(14)13-3-6-17-7-4-13/h1-2,5,8-9,11,13,15,17,20H,3-4,6-7,10H2,(H,18,21). The molecular formula is C16H21N3O2S. The first-order valence-electron chi connectivity index (χ1n) is 7.61. The van der Waals surface area contributed by atoms with E-state index in [0.717, 1.165) is 31.5 Å². The number of nitrogens with zero attached hydrogens (tertiary/aromatic N) is 1. The van der Waals surface area contributed by atoms with Crippen LogP contribution in [0.2, 0.25) is 0 Å². The van der Waals surface area contributed by atoms with E-state index >= 15 is 0 Å². The molecule has 2 aromatic heterocycles. The summed E-state index contributed by atoms with van der Waals surface area (Å²) in [5.74, 6) is -0.127. The second-order valence-electron chi connectivity index (χ2n) is 5.56. The van der Waals surface area contributed by atoms with Gasteiger partial charge in [-0.3, -0.25) is 4.79 Å². The summed E-state index contributed by atoms with van der Waals surface area (Å²) in [7, 11) is 0. The molecular weight excluding hydrogens is 298 g/mol. The fourth-order valence-electron chi connectivity index (χ4n) is 2.85. The van der Waals surface area contributed by atoms with Gasteiger partial charge in [-0.25, -0.2) is 0 Å². The first-order chi connectivity index (χ1) is 10.8. The van der Waals surface area contributed by atoms with Gasteiger partial charge in [-0.2, -0.15) is 11.3 Å². The number of amides is 1. The summed E-state index contributed by atoms with van der Waals surface area (Å²) < 4.78 is 2.06. The molecule has 22 heavy (non-hydrogen) atoms. The number of rotatable bonds is 5. The number of aliphatic hydroxyl groups excluding tert-OH is 1. The van der Waals surface area contributed by atoms with Crippen LogP contribution in [0.3, 0.4) is 0 Å². The van der Waals surface area contributed by atoms with Crippen molar-refractivity contribution in [2.75, 3.05) is 19.6 Å². The summed E-state index contributed by atoms with van der Waals surface area (Å²) in [5.41, 5.74) is 1.52. The molecule has 1 fully saturated rings. The molecule has 1 aliphatic heterocycles. The topological polar surface area (TPSA) is 66.3 Å². The number of aliphatic hydroxyl groups is 1. The van der Waals surface area contributed by atoms with E-state index < -0.39 is 6.10 Å². The van der Waals surface area contributed by atoms with Gasteiger partial charge in [0.1, 0.15) is 5.69 Å². The molecule has 0 saturated carbocycles. The van der Waals surface area contributed by atoms with Crippen LogP contribution in [0.5, 0.6) is 0 Å². The van der Waals surface area contributed by atoms with Crippen molar-refractivity contribution < 1.29 is 9.90 Å². The highest BCUT2D eigenvalue weighted by molar-refractivity contribution is 7.07. The van der Waals surface area contributed by atoms with Crippen LogP contribution in [0, 0.1) is 0 Å². The molecule has 0 radical (unpaired) electrons. The lowest BCUT2D eigenvalue weighted by Crippen LogP contribution is -2.33. The van der Waals surface area contributed by atoms with Crippen LogP contribution in [-0.4, -0.2) is 35.2 Å². The van der Waals surface area contributed by atoms with E-state index in [4.69, 9.17) is 0 Å². The van der Waals surface area contributed by atoms with Crippen LogP contribution in [0.15, 0.2) is 35.2 Å². The zero-order valence-corrected chi connectivity index (χ0v) is 13.2. The minimum atomic E-state index is -0.655. The Kier molecular flexibility index (Phi) is 4.92. The minimum Gasteiger partial charge on any atom is -0.387 e. The third kappa shape index (κ3) is 3.40. The van der Waals surface area contributed by atoms with Gasteiger partial charge in [-0.15, -0.1) is 0 Å². The number of piperidine rings is 1. The van der Waals surface area contributed by atoms with Crippen LogP contribution < -0.4 is 10.6 Å². The number of aromatic nitrogens is 1. The molecule has 1 unspecified atom stereocenters. The van der Waals surface area contributed by atoms with Gasteiger partial charge in [0.15, 0.2) is 0 Å². The molecule has 1 saturated heterocycles. The van der Waals surface area contributed by atoms with Crippen LogP contribution in [0.1, 0.15) is 41.0 Å². The molecule has 3 N–H and O–H groups in total. The molecule has 5 nitrogen and oxygen atoms in total. The second-order valence-corrected chi connectivity index (χ2v) is 6.34. The predicted octanol–water partition coefficient (Wildman–Crippen LogP) is 1.94. The van der Waals surface area contributed by atoms with Gasteiger partial charge in [-0.05, 0) is 60.5 Å². The Bertz CT molecular complexity index is 603. The lowest BCUT2D eigenvalue weighted by Gasteiger charge is -2.26. The van der Waals surface area contributed by atoms with Crippen molar-refractivity contribution in [3.8, 4) is 0 Å². The molecule has 0 aromatic carbocycles. The molecule has 0 bridgehead atoms. The van der Waals surface area contributed by atoms with Gasteiger partial charge in [-0.1, -0.05) is 0 Å². The quantitative estimate of drug-likeness (QED) is 0.789. The van der Waals surface area contributed by atoms with Crippen molar-refractivity contribution in [3.05, 3.63) is 46.4 Å². The summed E-state index contributed by atoms with van der Waals surface area (Å²) in [6, 6.07) is 6.00. The Morgan fingerprint density at radius 2 is 2.27 bits per heavy atom. The van der Waals surface area contributed by atoms with Crippen molar-refractivity contribution in [1.82, 2.24) is 15.2 Å². The predicted molar refractivity (Wildman–Crippen MR) is 87.2 cm³/mol. The van der Waals surface area contributed by atoms with Crippen molar-refractivity contribution in [2.45, 2.75) is 25.0 Å². The summed E-state index contributed by atoms with van der Waals surface area (Å²) in [6.45, 7) is 2.20. The van der Waals surface area contributed by atoms with Crippen molar-refractivity contribution in [3.63, 3.8) is 0 Å². The van der Waals surface area contributed by atoms with E-state index in [1.807, 2.05) is 35.2 Å². The van der Waals surface area contributed by atoms with E-state index in [-0.39, 0.29) is 12.5 Å². The fourth-order valence-corrected chi connectivity index (χ4v) is 3.56. The van der Waals surface area contributed by atoms with E-state index in [2.05, 4.69) is 15.2 Å². The Hall–Kier alpha value is -1.63. The maximum Gasteiger partial charge on any atom is 0.268 e. The molecule has 2 aromatic rings. The first kappa shape index (κ1) is 15.3. The van der Waals surface area contributed by atoms with Crippen LogP contribution in [0.4, 0.5) is 0 Å². The summed E-state index contributed by atoms with van der Waals surface area (Å²) in [5, 5.41) is 20.0. The summed E-state index contributed by atoms with van der Waals surface area (Å²) in [4.78, 5) is 12.4. The van der Waals surface area contributed by atoms with Crippen LogP contribution >= 0.6 is 11.3 Å². The SMILES string of the molecule is O=C(NCC(O)c1ccsc1)c1cccn1C1CCNCC1. The van der Waals surface area contributed by atoms with Gasteiger partial charge in [0.2, 0.25) is 0 Å². The van der Waals surface area contributed by atoms with Crippen LogP contribution in [0.25, 0.3) is 0 Å². The van der Waals surface area contributed by atoms with E-state index in [1.165, 1.54) is 11.3 Å². The lowest BCUT2D eigenvalue weighted by atomic mass is 10.1. The molecule has 3 rings (SSSR count). The van der Waals surface area contributed by atoms with Gasteiger partial charge >= 0.3 is 0 Å². The monoisotopic (exact) mass is 319 g/mol. The molecule has 1 amide bonds. The fraction of sp³-hybridized carbons (Fsp3) is 0.438. The number of carbonyl (C=O) groups is 1. The average Bonchev–Trinajstić information content (AvgIpc) is 3.24. The van der Waals surface area contributed by atoms with E-state index in [9.17, 15) is 9.90 Å². The highest BCUT2D eigenvalue weighted by atomic mass is 32.1. The lowest BCUT2D eigenvalue weighted by molar-refractivity contribution is 0.0904. The zero-order valence-electron chi connectivity index (χ0n) is 12.4. The van der Waals surface area contributed by atoms with Gasteiger partial charge < -0.3 is 20.3 Å². The second kappa shape index (κ2) is 7.09. The van der Waals surface area contributed by atoms with Gasteiger partial charge in [0.05, 0.1) is 6.10 Å². The highest BCUT2D eigenvalue weighted by Crippen LogP contribution is 2.21. The summed E-state index contributed by atoms with van der Waals surface area (Å²) >= 11 is 1.54. The number of hydrogen-bond acceptors (Lipinski definition) is 4. The Balaban J connectivity index is 1.61. The smallest absolute Gasteiger partial charge is 0.268 e. The Labute approximate surface area is 134 Å². The largest absolute Gasteiger partial charge is 0.387 e. The van der Waals surface area contributed by atoms with Crippen molar-refractivity contribution >= 4 is 17.2 Å². The Morgan fingerprint density at radius 3 is 3.00 bits per heavy atom. The number of nitrogens with one attached hydrogen (secondary N) is 2. The average molecular weight is 319 g/mol. The molecule has 0 aliphatic carbocycles. The number of carbonyl (C=O) groups excluding carboxylic acids is 1.